The predicted octanol–water partition coefficient (Wildman–Crippen LogP) is 7.77. The first-order valence-electron chi connectivity index (χ1n) is 7.84. The Kier molecular flexibility index (Phi) is 6.39. The second-order valence-electron chi connectivity index (χ2n) is 5.67. The number of aromatic nitrogens is 1. The predicted molar refractivity (Wildman–Crippen MR) is 111 cm³/mol. The van der Waals surface area contributed by atoms with E-state index in [1.807, 2.05) is 6.07 Å². The molecule has 2 aromatic carbocycles. The molecule has 148 valence electrons. The van der Waals surface area contributed by atoms with Gasteiger partial charge < -0.3 is 5.32 Å². The van der Waals surface area contributed by atoms with Crippen LogP contribution in [0.3, 0.4) is 0 Å². The number of allylic oxidation sites excluding steroid dienone is 1. The van der Waals surface area contributed by atoms with Crippen molar-refractivity contribution in [1.82, 2.24) is 4.98 Å². The van der Waals surface area contributed by atoms with Crippen molar-refractivity contribution < 1.29 is 13.2 Å². The maximum atomic E-state index is 13.0. The van der Waals surface area contributed by atoms with Crippen LogP contribution in [-0.4, -0.2) is 4.98 Å². The lowest BCUT2D eigenvalue weighted by atomic mass is 10.2. The van der Waals surface area contributed by atoms with Crippen LogP contribution in [0.2, 0.25) is 15.1 Å². The van der Waals surface area contributed by atoms with Gasteiger partial charge in [-0.2, -0.15) is 18.4 Å². The summed E-state index contributed by atoms with van der Waals surface area (Å²) < 4.78 is 38.9. The van der Waals surface area contributed by atoms with Gasteiger partial charge in [0.1, 0.15) is 16.6 Å². The summed E-state index contributed by atoms with van der Waals surface area (Å²) >= 11 is 18.9. The number of nitrogens with one attached hydrogen (secondary N) is 1. The Morgan fingerprint density at radius 2 is 1.86 bits per heavy atom. The molecular weight excluding hydrogens is 466 g/mol. The van der Waals surface area contributed by atoms with Gasteiger partial charge >= 0.3 is 6.18 Å². The summed E-state index contributed by atoms with van der Waals surface area (Å²) in [5, 5.41) is 14.7. The van der Waals surface area contributed by atoms with E-state index in [0.717, 1.165) is 12.1 Å². The summed E-state index contributed by atoms with van der Waals surface area (Å²) in [6.45, 7) is 0. The molecule has 1 heterocycles. The van der Waals surface area contributed by atoms with E-state index in [1.165, 1.54) is 23.6 Å². The van der Waals surface area contributed by atoms with Crippen LogP contribution in [0.5, 0.6) is 0 Å². The zero-order chi connectivity index (χ0) is 21.2. The molecule has 0 radical (unpaired) electrons. The molecule has 0 aliphatic carbocycles. The van der Waals surface area contributed by atoms with E-state index in [-0.39, 0.29) is 11.3 Å². The smallest absolute Gasteiger partial charge is 0.360 e. The number of rotatable bonds is 4. The van der Waals surface area contributed by atoms with Gasteiger partial charge in [0.15, 0.2) is 0 Å². The van der Waals surface area contributed by atoms with Gasteiger partial charge in [0.25, 0.3) is 0 Å². The molecule has 3 aromatic rings. The van der Waals surface area contributed by atoms with Crippen molar-refractivity contribution in [2.45, 2.75) is 6.18 Å². The Hall–Kier alpha value is -2.24. The molecular formula is C19H9Cl3F3N3S. The van der Waals surface area contributed by atoms with Crippen molar-refractivity contribution in [2.24, 2.45) is 0 Å². The number of benzene rings is 2. The lowest BCUT2D eigenvalue weighted by molar-refractivity contribution is -0.137. The van der Waals surface area contributed by atoms with Gasteiger partial charge in [-0.05, 0) is 36.4 Å². The molecule has 0 fully saturated rings. The van der Waals surface area contributed by atoms with Crippen molar-refractivity contribution in [1.29, 1.82) is 5.26 Å². The second kappa shape index (κ2) is 8.64. The number of alkyl halides is 3. The van der Waals surface area contributed by atoms with Crippen molar-refractivity contribution in [3.63, 3.8) is 0 Å². The zero-order valence-corrected chi connectivity index (χ0v) is 17.3. The minimum Gasteiger partial charge on any atom is -0.360 e. The van der Waals surface area contributed by atoms with E-state index in [9.17, 15) is 18.4 Å². The SMILES string of the molecule is N#C/C(=C\Nc1ccc(Cl)c(C(F)(F)F)c1)c1nc(-c2ccc(Cl)cc2Cl)cs1. The number of thiazole rings is 1. The van der Waals surface area contributed by atoms with Crippen LogP contribution >= 0.6 is 46.1 Å². The number of anilines is 1. The molecule has 0 aliphatic rings. The van der Waals surface area contributed by atoms with Crippen LogP contribution in [0, 0.1) is 11.3 Å². The zero-order valence-electron chi connectivity index (χ0n) is 14.2. The highest BCUT2D eigenvalue weighted by Crippen LogP contribution is 2.36. The average molecular weight is 475 g/mol. The standard InChI is InChI=1S/C19H9Cl3F3N3S/c20-11-1-3-13(16(22)5-11)17-9-29-18(28-17)10(7-26)8-27-12-2-4-15(21)14(6-12)19(23,24)25/h1-6,8-9,27H/b10-8+. The van der Waals surface area contributed by atoms with Crippen LogP contribution in [0.15, 0.2) is 48.0 Å². The summed E-state index contributed by atoms with van der Waals surface area (Å²) in [5.41, 5.74) is 0.516. The topological polar surface area (TPSA) is 48.7 Å². The van der Waals surface area contributed by atoms with Crippen LogP contribution in [0.1, 0.15) is 10.6 Å². The van der Waals surface area contributed by atoms with Gasteiger partial charge in [0.2, 0.25) is 0 Å². The Labute approximate surface area is 183 Å². The molecule has 0 saturated heterocycles. The average Bonchev–Trinajstić information content (AvgIpc) is 3.12. The first-order chi connectivity index (χ1) is 13.7. The summed E-state index contributed by atoms with van der Waals surface area (Å²) in [5.74, 6) is 0. The lowest BCUT2D eigenvalue weighted by Gasteiger charge is -2.10. The Bertz CT molecular complexity index is 1130. The van der Waals surface area contributed by atoms with Crippen LogP contribution in [-0.2, 0) is 6.18 Å². The van der Waals surface area contributed by atoms with Crippen molar-refractivity contribution >= 4 is 57.4 Å². The van der Waals surface area contributed by atoms with Crippen LogP contribution in [0.4, 0.5) is 18.9 Å². The Balaban J connectivity index is 1.87. The van der Waals surface area contributed by atoms with E-state index in [1.54, 1.807) is 23.6 Å². The highest BCUT2D eigenvalue weighted by atomic mass is 35.5. The third kappa shape index (κ3) is 5.03. The summed E-state index contributed by atoms with van der Waals surface area (Å²) in [6, 6.07) is 10.3. The molecule has 0 atom stereocenters. The van der Waals surface area contributed by atoms with Gasteiger partial charge in [0, 0.05) is 27.9 Å². The fraction of sp³-hybridized carbons (Fsp3) is 0.0526. The van der Waals surface area contributed by atoms with Gasteiger partial charge in [-0.3, -0.25) is 0 Å². The van der Waals surface area contributed by atoms with Crippen molar-refractivity contribution in [3.8, 4) is 17.3 Å². The van der Waals surface area contributed by atoms with E-state index < -0.39 is 16.8 Å². The normalized spacial score (nSPS) is 12.0. The number of nitriles is 1. The molecule has 0 bridgehead atoms. The van der Waals surface area contributed by atoms with E-state index in [0.29, 0.717) is 26.3 Å². The molecule has 29 heavy (non-hydrogen) atoms. The molecule has 0 saturated carbocycles. The Morgan fingerprint density at radius 3 is 2.52 bits per heavy atom. The third-order valence-electron chi connectivity index (χ3n) is 3.72. The number of halogens is 6. The minimum atomic E-state index is -4.58. The molecule has 1 N–H and O–H groups in total. The van der Waals surface area contributed by atoms with Crippen molar-refractivity contribution in [2.75, 3.05) is 5.32 Å². The highest BCUT2D eigenvalue weighted by Gasteiger charge is 2.33. The van der Waals surface area contributed by atoms with Gasteiger partial charge in [-0.15, -0.1) is 11.3 Å². The largest absolute Gasteiger partial charge is 0.417 e. The monoisotopic (exact) mass is 473 g/mol. The van der Waals surface area contributed by atoms with Gasteiger partial charge in [-0.25, -0.2) is 4.98 Å². The highest BCUT2D eigenvalue weighted by molar-refractivity contribution is 7.11. The molecule has 0 amide bonds. The van der Waals surface area contributed by atoms with E-state index in [4.69, 9.17) is 34.8 Å². The van der Waals surface area contributed by atoms with Gasteiger partial charge in [0.05, 0.1) is 21.3 Å². The molecule has 3 nitrogen and oxygen atoms in total. The fourth-order valence-corrected chi connectivity index (χ4v) is 3.86. The quantitative estimate of drug-likeness (QED) is 0.393. The summed E-state index contributed by atoms with van der Waals surface area (Å²) in [4.78, 5) is 4.38. The number of hydrogen-bond acceptors (Lipinski definition) is 4. The molecule has 1 aromatic heterocycles. The molecule has 0 unspecified atom stereocenters. The second-order valence-corrected chi connectivity index (χ2v) is 7.78. The minimum absolute atomic E-state index is 0.131. The first-order valence-corrected chi connectivity index (χ1v) is 9.85. The van der Waals surface area contributed by atoms with E-state index in [2.05, 4.69) is 10.3 Å². The maximum absolute atomic E-state index is 13.0. The summed E-state index contributed by atoms with van der Waals surface area (Å²) in [7, 11) is 0. The maximum Gasteiger partial charge on any atom is 0.417 e. The fourth-order valence-electron chi connectivity index (χ4n) is 2.35. The van der Waals surface area contributed by atoms with Crippen LogP contribution < -0.4 is 5.32 Å². The first kappa shape index (κ1) is 21.5. The van der Waals surface area contributed by atoms with E-state index >= 15 is 0 Å². The van der Waals surface area contributed by atoms with Gasteiger partial charge in [-0.1, -0.05) is 34.8 Å². The molecule has 3 rings (SSSR count). The van der Waals surface area contributed by atoms with Crippen molar-refractivity contribution in [3.05, 3.63) is 73.6 Å². The number of hydrogen-bond donors (Lipinski definition) is 1. The lowest BCUT2D eigenvalue weighted by Crippen LogP contribution is -2.06. The third-order valence-corrected chi connectivity index (χ3v) is 5.47. The molecule has 0 spiro atoms. The molecule has 0 aliphatic heterocycles. The van der Waals surface area contributed by atoms with Crippen LogP contribution in [0.25, 0.3) is 16.8 Å². The Morgan fingerprint density at radius 1 is 1.10 bits per heavy atom. The molecule has 10 heteroatoms. The summed E-state index contributed by atoms with van der Waals surface area (Å²) in [6.07, 6.45) is -3.30. The number of nitrogens with zero attached hydrogens (tertiary/aromatic N) is 2.